The van der Waals surface area contributed by atoms with Gasteiger partial charge in [-0.2, -0.15) is 4.98 Å². The van der Waals surface area contributed by atoms with Crippen LogP contribution in [0, 0.1) is 18.6 Å². The fourth-order valence-corrected chi connectivity index (χ4v) is 1.77. The zero-order valence-corrected chi connectivity index (χ0v) is 10.8. The van der Waals surface area contributed by atoms with Crippen LogP contribution in [0.5, 0.6) is 0 Å². The molecule has 1 amide bonds. The van der Waals surface area contributed by atoms with E-state index >= 15 is 0 Å². The second-order valence-electron chi connectivity index (χ2n) is 4.31. The molecule has 2 heterocycles. The molecule has 106 valence electrons. The number of amides is 1. The summed E-state index contributed by atoms with van der Waals surface area (Å²) in [5.41, 5.74) is 0.601. The molecule has 2 aromatic heterocycles. The number of aromatic nitrogens is 4. The molecule has 0 spiro atoms. The van der Waals surface area contributed by atoms with Crippen LogP contribution in [0.25, 0.3) is 5.78 Å². The number of carbonyl (C=O) groups excluding carboxylic acids is 1. The first kappa shape index (κ1) is 13.1. The van der Waals surface area contributed by atoms with E-state index in [0.29, 0.717) is 6.07 Å². The molecular weight excluding hydrogens is 280 g/mol. The van der Waals surface area contributed by atoms with Crippen LogP contribution in [0.1, 0.15) is 16.3 Å². The Kier molecular flexibility index (Phi) is 3.05. The maximum absolute atomic E-state index is 13.5. The van der Waals surface area contributed by atoms with Crippen LogP contribution in [-0.4, -0.2) is 25.5 Å². The van der Waals surface area contributed by atoms with Gasteiger partial charge in [0.15, 0.2) is 0 Å². The number of halogens is 2. The van der Waals surface area contributed by atoms with E-state index in [1.54, 1.807) is 19.2 Å². The maximum Gasteiger partial charge on any atom is 0.295 e. The standard InChI is InChI=1S/C13H9F2N5O/c1-7-4-5-16-13-18-11(19-20(7)13)12(21)17-10-3-2-8(14)6-9(10)15/h2-6H,1H3,(H,17,21). The average molecular weight is 289 g/mol. The largest absolute Gasteiger partial charge is 0.317 e. The smallest absolute Gasteiger partial charge is 0.295 e. The lowest BCUT2D eigenvalue weighted by Gasteiger charge is -2.03. The van der Waals surface area contributed by atoms with Gasteiger partial charge in [0, 0.05) is 18.0 Å². The lowest BCUT2D eigenvalue weighted by atomic mass is 10.3. The highest BCUT2D eigenvalue weighted by Crippen LogP contribution is 2.15. The minimum atomic E-state index is -0.874. The number of nitrogens with zero attached hydrogens (tertiary/aromatic N) is 4. The highest BCUT2D eigenvalue weighted by atomic mass is 19.1. The van der Waals surface area contributed by atoms with Crippen molar-refractivity contribution in [3.63, 3.8) is 0 Å². The number of rotatable bonds is 2. The number of hydrogen-bond acceptors (Lipinski definition) is 4. The van der Waals surface area contributed by atoms with Crippen LogP contribution >= 0.6 is 0 Å². The molecule has 0 atom stereocenters. The Morgan fingerprint density at radius 2 is 2.10 bits per heavy atom. The molecule has 1 N–H and O–H groups in total. The minimum absolute atomic E-state index is 0.148. The summed E-state index contributed by atoms with van der Waals surface area (Å²) in [6.07, 6.45) is 1.54. The first-order valence-corrected chi connectivity index (χ1v) is 5.99. The van der Waals surface area contributed by atoms with Crippen molar-refractivity contribution < 1.29 is 13.6 Å². The lowest BCUT2D eigenvalue weighted by molar-refractivity contribution is 0.101. The zero-order valence-electron chi connectivity index (χ0n) is 10.8. The Bertz CT molecular complexity index is 846. The van der Waals surface area contributed by atoms with Crippen LogP contribution in [0.2, 0.25) is 0 Å². The number of nitrogens with one attached hydrogen (secondary N) is 1. The van der Waals surface area contributed by atoms with E-state index < -0.39 is 17.5 Å². The normalized spacial score (nSPS) is 10.8. The van der Waals surface area contributed by atoms with Gasteiger partial charge in [0.1, 0.15) is 11.6 Å². The molecule has 0 saturated carbocycles. The lowest BCUT2D eigenvalue weighted by Crippen LogP contribution is -2.15. The Balaban J connectivity index is 1.92. The summed E-state index contributed by atoms with van der Waals surface area (Å²) in [4.78, 5) is 19.9. The van der Waals surface area contributed by atoms with E-state index in [2.05, 4.69) is 20.4 Å². The molecule has 0 aliphatic rings. The summed E-state index contributed by atoms with van der Waals surface area (Å²) < 4.78 is 27.7. The molecule has 6 nitrogen and oxygen atoms in total. The van der Waals surface area contributed by atoms with E-state index in [9.17, 15) is 13.6 Å². The number of anilines is 1. The van der Waals surface area contributed by atoms with Crippen molar-refractivity contribution in [2.45, 2.75) is 6.92 Å². The number of hydrogen-bond donors (Lipinski definition) is 1. The Hall–Kier alpha value is -2.90. The third kappa shape index (κ3) is 2.42. The Labute approximate surface area is 117 Å². The average Bonchev–Trinajstić information content (AvgIpc) is 2.87. The Morgan fingerprint density at radius 1 is 1.29 bits per heavy atom. The molecule has 0 aliphatic carbocycles. The summed E-state index contributed by atoms with van der Waals surface area (Å²) in [5.74, 6) is -2.19. The van der Waals surface area contributed by atoms with Gasteiger partial charge in [-0.1, -0.05) is 0 Å². The quantitative estimate of drug-likeness (QED) is 0.782. The van der Waals surface area contributed by atoms with Crippen LogP contribution in [-0.2, 0) is 0 Å². The van der Waals surface area contributed by atoms with E-state index in [0.717, 1.165) is 17.8 Å². The van der Waals surface area contributed by atoms with Gasteiger partial charge in [0.25, 0.3) is 11.7 Å². The van der Waals surface area contributed by atoms with Crippen molar-refractivity contribution in [3.05, 3.63) is 53.6 Å². The van der Waals surface area contributed by atoms with Crippen molar-refractivity contribution in [1.82, 2.24) is 19.6 Å². The molecule has 8 heteroatoms. The molecule has 0 aliphatic heterocycles. The van der Waals surface area contributed by atoms with Crippen LogP contribution < -0.4 is 5.32 Å². The number of carbonyl (C=O) groups is 1. The van der Waals surface area contributed by atoms with Crippen molar-refractivity contribution in [3.8, 4) is 0 Å². The number of benzene rings is 1. The second kappa shape index (κ2) is 4.89. The molecule has 0 radical (unpaired) electrons. The fraction of sp³-hybridized carbons (Fsp3) is 0.0769. The summed E-state index contributed by atoms with van der Waals surface area (Å²) in [7, 11) is 0. The zero-order chi connectivity index (χ0) is 15.0. The van der Waals surface area contributed by atoms with Crippen LogP contribution in [0.15, 0.2) is 30.5 Å². The molecule has 0 unspecified atom stereocenters. The van der Waals surface area contributed by atoms with Gasteiger partial charge in [-0.3, -0.25) is 4.79 Å². The number of fused-ring (bicyclic) bond motifs is 1. The van der Waals surface area contributed by atoms with E-state index in [4.69, 9.17) is 0 Å². The topological polar surface area (TPSA) is 72.2 Å². The highest BCUT2D eigenvalue weighted by Gasteiger charge is 2.16. The van der Waals surface area contributed by atoms with Gasteiger partial charge in [0.05, 0.1) is 5.69 Å². The molecule has 0 bridgehead atoms. The highest BCUT2D eigenvalue weighted by molar-refractivity contribution is 6.01. The van der Waals surface area contributed by atoms with Crippen molar-refractivity contribution in [2.24, 2.45) is 0 Å². The van der Waals surface area contributed by atoms with Gasteiger partial charge in [-0.25, -0.2) is 18.3 Å². The maximum atomic E-state index is 13.5. The third-order valence-corrected chi connectivity index (χ3v) is 2.81. The summed E-state index contributed by atoms with van der Waals surface area (Å²) in [6, 6.07) is 4.56. The molecular formula is C13H9F2N5O. The number of aryl methyl sites for hydroxylation is 1. The van der Waals surface area contributed by atoms with Gasteiger partial charge in [-0.15, -0.1) is 5.10 Å². The SMILES string of the molecule is Cc1ccnc2nc(C(=O)Nc3ccc(F)cc3F)nn12. The molecule has 3 rings (SSSR count). The molecule has 0 fully saturated rings. The van der Waals surface area contributed by atoms with Crippen molar-refractivity contribution in [1.29, 1.82) is 0 Å². The summed E-state index contributed by atoms with van der Waals surface area (Å²) in [5, 5.41) is 6.28. The van der Waals surface area contributed by atoms with E-state index in [1.165, 1.54) is 4.52 Å². The van der Waals surface area contributed by atoms with Gasteiger partial charge >= 0.3 is 0 Å². The predicted molar refractivity (Wildman–Crippen MR) is 69.8 cm³/mol. The summed E-state index contributed by atoms with van der Waals surface area (Å²) >= 11 is 0. The third-order valence-electron chi connectivity index (χ3n) is 2.81. The van der Waals surface area contributed by atoms with Crippen molar-refractivity contribution in [2.75, 3.05) is 5.32 Å². The minimum Gasteiger partial charge on any atom is -0.317 e. The monoisotopic (exact) mass is 289 g/mol. The van der Waals surface area contributed by atoms with Gasteiger partial charge < -0.3 is 5.32 Å². The molecule has 3 aromatic rings. The molecule has 0 saturated heterocycles. The van der Waals surface area contributed by atoms with Gasteiger partial charge in [-0.05, 0) is 25.1 Å². The van der Waals surface area contributed by atoms with Crippen molar-refractivity contribution >= 4 is 17.4 Å². The molecule has 1 aromatic carbocycles. The van der Waals surface area contributed by atoms with E-state index in [1.807, 2.05) is 0 Å². The van der Waals surface area contributed by atoms with E-state index in [-0.39, 0.29) is 17.3 Å². The predicted octanol–water partition coefficient (Wildman–Crippen LogP) is 1.96. The van der Waals surface area contributed by atoms with Crippen LogP contribution in [0.4, 0.5) is 14.5 Å². The van der Waals surface area contributed by atoms with Crippen LogP contribution in [0.3, 0.4) is 0 Å². The Morgan fingerprint density at radius 3 is 2.81 bits per heavy atom. The first-order valence-electron chi connectivity index (χ1n) is 5.99. The first-order chi connectivity index (χ1) is 10.0. The fourth-order valence-electron chi connectivity index (χ4n) is 1.77. The van der Waals surface area contributed by atoms with Gasteiger partial charge in [0.2, 0.25) is 5.82 Å². The molecule has 21 heavy (non-hydrogen) atoms. The summed E-state index contributed by atoms with van der Waals surface area (Å²) in [6.45, 7) is 1.78. The second-order valence-corrected chi connectivity index (χ2v) is 4.31.